The number of ether oxygens (including phenoxy) is 1. The normalized spacial score (nSPS) is 19.1. The van der Waals surface area contributed by atoms with Crippen molar-refractivity contribution in [1.82, 2.24) is 10.2 Å². The van der Waals surface area contributed by atoms with Crippen molar-refractivity contribution in [2.45, 2.75) is 51.8 Å². The molecule has 2 rings (SSSR count). The molecule has 0 spiro atoms. The molecule has 0 bridgehead atoms. The number of nitrogens with zero attached hydrogens (tertiary/aromatic N) is 1. The predicted molar refractivity (Wildman–Crippen MR) is 84.1 cm³/mol. The van der Waals surface area contributed by atoms with Crippen molar-refractivity contribution < 1.29 is 13.9 Å². The first-order chi connectivity index (χ1) is 10.3. The summed E-state index contributed by atoms with van der Waals surface area (Å²) in [6.45, 7) is 7.68. The number of amides is 1. The second-order valence-corrected chi connectivity index (χ2v) is 6.77. The Morgan fingerprint density at radius 3 is 2.68 bits per heavy atom. The number of nitrogens with one attached hydrogen (secondary N) is 1. The maximum atomic E-state index is 12.9. The second-order valence-electron chi connectivity index (χ2n) is 6.77. The number of carbonyl (C=O) groups is 1. The highest BCUT2D eigenvalue weighted by Crippen LogP contribution is 2.16. The Balaban J connectivity index is 1.82. The Bertz CT molecular complexity index is 496. The Hall–Kier alpha value is -1.62. The van der Waals surface area contributed by atoms with E-state index in [9.17, 15) is 9.18 Å². The number of hydrogen-bond acceptors (Lipinski definition) is 3. The molecule has 0 unspecified atom stereocenters. The number of hydrogen-bond donors (Lipinski definition) is 1. The van der Waals surface area contributed by atoms with Crippen molar-refractivity contribution >= 4 is 6.09 Å². The number of benzene rings is 1. The molecule has 1 heterocycles. The van der Waals surface area contributed by atoms with Gasteiger partial charge in [0.25, 0.3) is 0 Å². The molecular weight excluding hydrogens is 283 g/mol. The average molecular weight is 308 g/mol. The van der Waals surface area contributed by atoms with Gasteiger partial charge >= 0.3 is 6.09 Å². The van der Waals surface area contributed by atoms with Crippen LogP contribution in [-0.2, 0) is 11.3 Å². The summed E-state index contributed by atoms with van der Waals surface area (Å²) in [5.41, 5.74) is 0.571. The van der Waals surface area contributed by atoms with Crippen LogP contribution in [0.25, 0.3) is 0 Å². The lowest BCUT2D eigenvalue weighted by molar-refractivity contribution is 0.0187. The van der Waals surface area contributed by atoms with Gasteiger partial charge in [-0.3, -0.25) is 0 Å². The maximum absolute atomic E-state index is 12.9. The monoisotopic (exact) mass is 308 g/mol. The molecule has 1 fully saturated rings. The van der Waals surface area contributed by atoms with E-state index < -0.39 is 5.60 Å². The lowest BCUT2D eigenvalue weighted by atomic mass is 10.1. The van der Waals surface area contributed by atoms with Crippen LogP contribution < -0.4 is 5.32 Å². The van der Waals surface area contributed by atoms with Crippen molar-refractivity contribution in [2.24, 2.45) is 0 Å². The highest BCUT2D eigenvalue weighted by Gasteiger charge is 2.27. The topological polar surface area (TPSA) is 41.6 Å². The largest absolute Gasteiger partial charge is 0.444 e. The predicted octanol–water partition coefficient (Wildman–Crippen LogP) is 3.31. The van der Waals surface area contributed by atoms with Gasteiger partial charge in [-0.25, -0.2) is 9.18 Å². The molecular formula is C17H25FN2O2. The number of rotatable bonds is 3. The van der Waals surface area contributed by atoms with Crippen LogP contribution in [0, 0.1) is 5.82 Å². The van der Waals surface area contributed by atoms with Gasteiger partial charge in [-0.2, -0.15) is 0 Å². The first kappa shape index (κ1) is 16.7. The Kier molecular flexibility index (Phi) is 5.40. The molecule has 4 nitrogen and oxygen atoms in total. The highest BCUT2D eigenvalue weighted by atomic mass is 19.1. The van der Waals surface area contributed by atoms with Crippen LogP contribution in [0.15, 0.2) is 24.3 Å². The van der Waals surface area contributed by atoms with Crippen molar-refractivity contribution in [1.29, 1.82) is 0 Å². The highest BCUT2D eigenvalue weighted by molar-refractivity contribution is 5.68. The summed E-state index contributed by atoms with van der Waals surface area (Å²) in [7, 11) is 0. The lowest BCUT2D eigenvalue weighted by Crippen LogP contribution is -2.49. The van der Waals surface area contributed by atoms with Gasteiger partial charge < -0.3 is 15.0 Å². The minimum absolute atomic E-state index is 0.225. The first-order valence-electron chi connectivity index (χ1n) is 7.79. The molecule has 1 aliphatic heterocycles. The first-order valence-corrected chi connectivity index (χ1v) is 7.79. The minimum atomic E-state index is -0.467. The smallest absolute Gasteiger partial charge is 0.410 e. The van der Waals surface area contributed by atoms with E-state index in [4.69, 9.17) is 4.74 Å². The van der Waals surface area contributed by atoms with Crippen LogP contribution >= 0.6 is 0 Å². The van der Waals surface area contributed by atoms with Crippen LogP contribution in [-0.4, -0.2) is 35.7 Å². The fraction of sp³-hybridized carbons (Fsp3) is 0.588. The standard InChI is InChI=1S/C17H25FN2O2/c1-17(2,3)22-16(21)20-10-4-5-15(12-20)19-11-13-6-8-14(18)9-7-13/h6-9,15,19H,4-5,10-12H2,1-3H3/t15-/m1/s1. The number of carbonyl (C=O) groups excluding carboxylic acids is 1. The molecule has 1 aliphatic rings. The average Bonchev–Trinajstić information content (AvgIpc) is 2.45. The third kappa shape index (κ3) is 5.30. The van der Waals surface area contributed by atoms with E-state index in [-0.39, 0.29) is 18.0 Å². The van der Waals surface area contributed by atoms with Crippen LogP contribution in [0.2, 0.25) is 0 Å². The van der Waals surface area contributed by atoms with Gasteiger partial charge in [-0.15, -0.1) is 0 Å². The van der Waals surface area contributed by atoms with E-state index in [0.29, 0.717) is 13.1 Å². The molecule has 0 aliphatic carbocycles. The molecule has 1 N–H and O–H groups in total. The zero-order valence-corrected chi connectivity index (χ0v) is 13.6. The van der Waals surface area contributed by atoms with Crippen molar-refractivity contribution in [3.63, 3.8) is 0 Å². The molecule has 0 saturated carbocycles. The maximum Gasteiger partial charge on any atom is 0.410 e. The zero-order valence-electron chi connectivity index (χ0n) is 13.6. The van der Waals surface area contributed by atoms with Gasteiger partial charge in [0.1, 0.15) is 11.4 Å². The van der Waals surface area contributed by atoms with E-state index in [1.807, 2.05) is 20.8 Å². The molecule has 0 radical (unpaired) electrons. The van der Waals surface area contributed by atoms with Gasteiger partial charge in [0.05, 0.1) is 0 Å². The van der Waals surface area contributed by atoms with Crippen molar-refractivity contribution in [2.75, 3.05) is 13.1 Å². The van der Waals surface area contributed by atoms with E-state index in [1.54, 1.807) is 17.0 Å². The Morgan fingerprint density at radius 2 is 2.05 bits per heavy atom. The van der Waals surface area contributed by atoms with E-state index in [2.05, 4.69) is 5.32 Å². The summed E-state index contributed by atoms with van der Waals surface area (Å²) < 4.78 is 18.3. The molecule has 22 heavy (non-hydrogen) atoms. The number of piperidine rings is 1. The number of likely N-dealkylation sites (tertiary alicyclic amines) is 1. The van der Waals surface area contributed by atoms with Crippen LogP contribution in [0.4, 0.5) is 9.18 Å². The third-order valence-corrected chi connectivity index (χ3v) is 3.58. The minimum Gasteiger partial charge on any atom is -0.444 e. The summed E-state index contributed by atoms with van der Waals surface area (Å²) in [4.78, 5) is 13.9. The van der Waals surface area contributed by atoms with Gasteiger partial charge in [-0.1, -0.05) is 12.1 Å². The van der Waals surface area contributed by atoms with Gasteiger partial charge in [0, 0.05) is 25.7 Å². The summed E-state index contributed by atoms with van der Waals surface area (Å²) in [5.74, 6) is -0.225. The molecule has 1 amide bonds. The fourth-order valence-electron chi connectivity index (χ4n) is 2.50. The molecule has 0 aromatic heterocycles. The Labute approximate surface area is 131 Å². The van der Waals surface area contributed by atoms with Crippen LogP contribution in [0.5, 0.6) is 0 Å². The molecule has 1 atom stereocenters. The second kappa shape index (κ2) is 7.09. The zero-order chi connectivity index (χ0) is 16.2. The van der Waals surface area contributed by atoms with Crippen LogP contribution in [0.1, 0.15) is 39.2 Å². The quantitative estimate of drug-likeness (QED) is 0.931. The molecule has 122 valence electrons. The number of halogens is 1. The van der Waals surface area contributed by atoms with E-state index in [1.165, 1.54) is 12.1 Å². The fourth-order valence-corrected chi connectivity index (χ4v) is 2.50. The molecule has 5 heteroatoms. The van der Waals surface area contributed by atoms with Crippen molar-refractivity contribution in [3.8, 4) is 0 Å². The van der Waals surface area contributed by atoms with Gasteiger partial charge in [-0.05, 0) is 51.3 Å². The molecule has 1 aromatic carbocycles. The van der Waals surface area contributed by atoms with E-state index >= 15 is 0 Å². The molecule has 1 saturated heterocycles. The van der Waals surface area contributed by atoms with E-state index in [0.717, 1.165) is 24.9 Å². The van der Waals surface area contributed by atoms with Gasteiger partial charge in [0.15, 0.2) is 0 Å². The summed E-state index contributed by atoms with van der Waals surface area (Å²) in [5, 5.41) is 3.43. The lowest BCUT2D eigenvalue weighted by Gasteiger charge is -2.34. The third-order valence-electron chi connectivity index (χ3n) is 3.58. The molecule has 1 aromatic rings. The van der Waals surface area contributed by atoms with Gasteiger partial charge in [0.2, 0.25) is 0 Å². The van der Waals surface area contributed by atoms with Crippen molar-refractivity contribution in [3.05, 3.63) is 35.6 Å². The summed E-state index contributed by atoms with van der Waals surface area (Å²) >= 11 is 0. The summed E-state index contributed by atoms with van der Waals surface area (Å²) in [6, 6.07) is 6.72. The summed E-state index contributed by atoms with van der Waals surface area (Å²) in [6.07, 6.45) is 1.74. The SMILES string of the molecule is CC(C)(C)OC(=O)N1CCC[C@@H](NCc2ccc(F)cc2)C1. The van der Waals surface area contributed by atoms with Crippen LogP contribution in [0.3, 0.4) is 0 Å². The Morgan fingerprint density at radius 1 is 1.36 bits per heavy atom.